The van der Waals surface area contributed by atoms with Crippen molar-refractivity contribution in [2.24, 2.45) is 0 Å². The van der Waals surface area contributed by atoms with Gasteiger partial charge >= 0.3 is 0 Å². The molecule has 0 aromatic heterocycles. The summed E-state index contributed by atoms with van der Waals surface area (Å²) in [6.07, 6.45) is 1.26. The highest BCUT2D eigenvalue weighted by Gasteiger charge is 1.84. The number of hydrogen-bond donors (Lipinski definition) is 1. The van der Waals surface area contributed by atoms with Crippen LogP contribution in [0.4, 0.5) is 0 Å². The highest BCUT2D eigenvalue weighted by atomic mass is 32.1. The van der Waals surface area contributed by atoms with Gasteiger partial charge in [-0.05, 0) is 18.7 Å². The summed E-state index contributed by atoms with van der Waals surface area (Å²) >= 11 is 6.59. The molecule has 0 heterocycles. The molecule has 0 rings (SSSR count). The van der Waals surface area contributed by atoms with Crippen molar-refractivity contribution < 1.29 is 0 Å². The van der Waals surface area contributed by atoms with Crippen molar-refractivity contribution in [2.45, 2.75) is 6.42 Å². The minimum absolute atomic E-state index is 1.04. The minimum Gasteiger partial charge on any atom is -0.482 e. The highest BCUT2D eigenvalue weighted by Crippen LogP contribution is 1.82. The summed E-state index contributed by atoms with van der Waals surface area (Å²) in [7, 11) is 0. The van der Waals surface area contributed by atoms with Crippen LogP contribution in [-0.4, -0.2) is 48.2 Å². The molecule has 0 aliphatic heterocycles. The molecule has 0 N–H and O–H groups in total. The van der Waals surface area contributed by atoms with Crippen molar-refractivity contribution in [1.82, 2.24) is 2.87 Å². The normalized spacial score (nSPS) is 10.0. The zero-order valence-corrected chi connectivity index (χ0v) is 9.91. The monoisotopic (exact) mass is 147 g/mol. The molecular formula is C3H11Al2NS. The van der Waals surface area contributed by atoms with Gasteiger partial charge in [-0.25, -0.2) is 0 Å². The third kappa shape index (κ3) is 7.37. The molecule has 0 spiro atoms. The average molecular weight is 147 g/mol. The minimum atomic E-state index is 1.04. The van der Waals surface area contributed by atoms with E-state index in [0.29, 0.717) is 0 Å². The topological polar surface area (TPSA) is 3.24 Å². The molecule has 0 aliphatic carbocycles. The first-order valence-electron chi connectivity index (χ1n) is 2.53. The van der Waals surface area contributed by atoms with Crippen molar-refractivity contribution in [3.05, 3.63) is 0 Å². The Kier molecular flexibility index (Phi) is 6.59. The summed E-state index contributed by atoms with van der Waals surface area (Å²) in [6, 6.07) is 0. The number of hydrogen-bond acceptors (Lipinski definition) is 2. The molecule has 0 fully saturated rings. The van der Waals surface area contributed by atoms with Crippen molar-refractivity contribution in [1.29, 1.82) is 0 Å². The summed E-state index contributed by atoms with van der Waals surface area (Å²) in [5.41, 5.74) is 0. The van der Waals surface area contributed by atoms with E-state index in [2.05, 4.69) is 15.5 Å². The Morgan fingerprint density at radius 2 is 2.00 bits per heavy atom. The van der Waals surface area contributed by atoms with E-state index >= 15 is 0 Å². The van der Waals surface area contributed by atoms with Crippen LogP contribution in [0.2, 0.25) is 0 Å². The average Bonchev–Trinajstić information content (AvgIpc) is 1.61. The zero-order chi connectivity index (χ0) is 5.70. The molecule has 0 radical (unpaired) electrons. The molecule has 40 valence electrons. The maximum Gasteiger partial charge on any atom is 0.298 e. The Morgan fingerprint density at radius 3 is 2.14 bits per heavy atom. The molecule has 0 amide bonds. The Hall–Kier alpha value is 1.37. The maximum atomic E-state index is 4.10. The second-order valence-corrected chi connectivity index (χ2v) is 7.17. The highest BCUT2D eigenvalue weighted by molar-refractivity contribution is 7.80. The first kappa shape index (κ1) is 8.37. The molecule has 4 heteroatoms. The van der Waals surface area contributed by atoms with Gasteiger partial charge in [-0.2, -0.15) is 12.6 Å². The summed E-state index contributed by atoms with van der Waals surface area (Å²) in [5.74, 6) is 1.04. The van der Waals surface area contributed by atoms with Gasteiger partial charge in [-0.3, -0.25) is 0 Å². The molecule has 0 saturated heterocycles. The van der Waals surface area contributed by atoms with Gasteiger partial charge in [0.25, 0.3) is 33.0 Å². The van der Waals surface area contributed by atoms with E-state index in [1.165, 1.54) is 46.0 Å². The van der Waals surface area contributed by atoms with Crippen LogP contribution < -0.4 is 0 Å². The smallest absolute Gasteiger partial charge is 0.298 e. The van der Waals surface area contributed by atoms with E-state index in [4.69, 9.17) is 0 Å². The molecular weight excluding hydrogens is 136 g/mol. The fourth-order valence-electron chi connectivity index (χ4n) is 0.387. The van der Waals surface area contributed by atoms with E-state index in [-0.39, 0.29) is 0 Å². The second-order valence-electron chi connectivity index (χ2n) is 1.88. The van der Waals surface area contributed by atoms with Gasteiger partial charge in [0.1, 0.15) is 0 Å². The van der Waals surface area contributed by atoms with Crippen LogP contribution in [0.5, 0.6) is 0 Å². The predicted octanol–water partition coefficient (Wildman–Crippen LogP) is -1.30. The Labute approximate surface area is 67.1 Å². The van der Waals surface area contributed by atoms with Crippen LogP contribution in [0.15, 0.2) is 0 Å². The number of rotatable bonds is 3. The van der Waals surface area contributed by atoms with Gasteiger partial charge in [0.05, 0.1) is 0 Å². The van der Waals surface area contributed by atoms with Gasteiger partial charge in [-0.15, -0.1) is 0 Å². The third-order valence-corrected chi connectivity index (χ3v) is 1.97. The van der Waals surface area contributed by atoms with Gasteiger partial charge in [0, 0.05) is 0 Å². The SMILES string of the molecule is [AlH2][N]([AlH2])CCCS. The first-order chi connectivity index (χ1) is 3.27. The standard InChI is InChI=1S/C3H7NS.2Al.4H/c4-2-1-3-5;;;;;;/h5H,1-3H2;;;;;;. The Morgan fingerprint density at radius 1 is 1.43 bits per heavy atom. The van der Waals surface area contributed by atoms with Gasteiger partial charge in [0.2, 0.25) is 0 Å². The Bertz CT molecular complexity index is 41.9. The van der Waals surface area contributed by atoms with Crippen LogP contribution in [0.25, 0.3) is 0 Å². The lowest BCUT2D eigenvalue weighted by Gasteiger charge is -2.08. The van der Waals surface area contributed by atoms with E-state index in [0.717, 1.165) is 5.75 Å². The fraction of sp³-hybridized carbons (Fsp3) is 1.00. The number of nitrogens with zero attached hydrogens (tertiary/aromatic N) is 1. The lowest BCUT2D eigenvalue weighted by atomic mass is 10.5. The molecule has 0 aromatic rings. The van der Waals surface area contributed by atoms with Crippen molar-refractivity contribution >= 4 is 45.7 Å². The van der Waals surface area contributed by atoms with Gasteiger partial charge in [-0.1, -0.05) is 0 Å². The van der Waals surface area contributed by atoms with E-state index < -0.39 is 0 Å². The van der Waals surface area contributed by atoms with Crippen molar-refractivity contribution in [3.63, 3.8) is 0 Å². The molecule has 7 heavy (non-hydrogen) atoms. The molecule has 0 unspecified atom stereocenters. The van der Waals surface area contributed by atoms with Crippen molar-refractivity contribution in [3.8, 4) is 0 Å². The van der Waals surface area contributed by atoms with Crippen molar-refractivity contribution in [2.75, 3.05) is 12.3 Å². The van der Waals surface area contributed by atoms with Crippen LogP contribution in [0.1, 0.15) is 6.42 Å². The summed E-state index contributed by atoms with van der Waals surface area (Å²) < 4.78 is 2.44. The summed E-state index contributed by atoms with van der Waals surface area (Å²) in [6.45, 7) is 1.28. The quantitative estimate of drug-likeness (QED) is 0.384. The molecule has 1 nitrogen and oxygen atoms in total. The lowest BCUT2D eigenvalue weighted by molar-refractivity contribution is 0.680. The molecule has 0 aliphatic rings. The van der Waals surface area contributed by atoms with Crippen LogP contribution in [0, 0.1) is 0 Å². The van der Waals surface area contributed by atoms with E-state index in [1.54, 1.807) is 0 Å². The third-order valence-electron chi connectivity index (χ3n) is 0.763. The van der Waals surface area contributed by atoms with E-state index in [9.17, 15) is 0 Å². The molecule has 0 atom stereocenters. The molecule has 0 saturated carbocycles. The number of thiol groups is 1. The summed E-state index contributed by atoms with van der Waals surface area (Å²) in [5, 5.41) is 0. The molecule has 0 bridgehead atoms. The largest absolute Gasteiger partial charge is 0.482 e. The second kappa shape index (κ2) is 5.51. The lowest BCUT2D eigenvalue weighted by Crippen LogP contribution is -2.17. The fourth-order valence-corrected chi connectivity index (χ4v) is 1.16. The molecule has 0 aromatic carbocycles. The Balaban J connectivity index is 2.68. The zero-order valence-electron chi connectivity index (χ0n) is 5.02. The van der Waals surface area contributed by atoms with Gasteiger partial charge in [0.15, 0.2) is 0 Å². The summed E-state index contributed by atoms with van der Waals surface area (Å²) in [4.78, 5) is 0. The van der Waals surface area contributed by atoms with E-state index in [1.807, 2.05) is 0 Å². The van der Waals surface area contributed by atoms with Crippen LogP contribution in [-0.2, 0) is 0 Å². The first-order valence-corrected chi connectivity index (χ1v) is 4.95. The van der Waals surface area contributed by atoms with Crippen LogP contribution >= 0.6 is 12.6 Å². The van der Waals surface area contributed by atoms with Crippen LogP contribution in [0.3, 0.4) is 0 Å². The maximum absolute atomic E-state index is 4.10. The predicted molar refractivity (Wildman–Crippen MR) is 42.3 cm³/mol. The van der Waals surface area contributed by atoms with Gasteiger partial charge < -0.3 is 2.87 Å².